The first-order chi connectivity index (χ1) is 4.57. The summed E-state index contributed by atoms with van der Waals surface area (Å²) in [7, 11) is 0. The van der Waals surface area contributed by atoms with Gasteiger partial charge in [-0.25, -0.2) is 0 Å². The number of carbonyl (C=O) groups is 2. The van der Waals surface area contributed by atoms with Crippen molar-refractivity contribution in [2.75, 3.05) is 0 Å². The fourth-order valence-corrected chi connectivity index (χ4v) is 0.389. The zero-order valence-corrected chi connectivity index (χ0v) is 5.07. The molecule has 0 fully saturated rings. The van der Waals surface area contributed by atoms with Gasteiger partial charge < -0.3 is 16.0 Å². The van der Waals surface area contributed by atoms with Gasteiger partial charge in [-0.3, -0.25) is 9.59 Å². The maximum atomic E-state index is 10.1. The van der Waals surface area contributed by atoms with Gasteiger partial charge in [0, 0.05) is 0 Å². The number of hydroxylamine groups is 1. The van der Waals surface area contributed by atoms with E-state index in [4.69, 9.17) is 10.3 Å². The number of carboxylic acid groups (broad SMARTS) is 1. The van der Waals surface area contributed by atoms with Crippen LogP contribution in [-0.4, -0.2) is 28.2 Å². The summed E-state index contributed by atoms with van der Waals surface area (Å²) < 4.78 is 0. The Hall–Kier alpha value is -1.14. The third-order valence-electron chi connectivity index (χ3n) is 0.859. The largest absolute Gasteiger partial charge is 0.480 e. The van der Waals surface area contributed by atoms with Crippen LogP contribution in [0.1, 0.15) is 6.42 Å². The molecule has 0 saturated carbocycles. The summed E-state index contributed by atoms with van der Waals surface area (Å²) in [4.78, 5) is 20.1. The summed E-state index contributed by atoms with van der Waals surface area (Å²) in [6, 6.07) is -1.31. The van der Waals surface area contributed by atoms with Crippen LogP contribution in [0.3, 0.4) is 0 Å². The molecule has 0 aromatic rings. The van der Waals surface area contributed by atoms with Crippen molar-refractivity contribution in [1.82, 2.24) is 5.48 Å². The third-order valence-corrected chi connectivity index (χ3v) is 0.859. The summed E-state index contributed by atoms with van der Waals surface area (Å²) in [5.74, 6) is -2.10. The number of nitrogens with one attached hydrogen (secondary N) is 1. The van der Waals surface area contributed by atoms with Gasteiger partial charge >= 0.3 is 5.97 Å². The second-order valence-corrected chi connectivity index (χ2v) is 1.69. The van der Waals surface area contributed by atoms with Gasteiger partial charge in [0.05, 0.1) is 6.42 Å². The Labute approximate surface area is 56.6 Å². The molecule has 1 atom stereocenters. The number of aliphatic carboxylic acids is 1. The van der Waals surface area contributed by atoms with E-state index in [-0.39, 0.29) is 0 Å². The number of nitrogens with two attached hydrogens (primary N) is 1. The van der Waals surface area contributed by atoms with Gasteiger partial charge in [0.25, 0.3) is 0 Å². The van der Waals surface area contributed by atoms with E-state index in [0.29, 0.717) is 0 Å². The summed E-state index contributed by atoms with van der Waals surface area (Å²) in [5, 5.41) is 16.3. The third kappa shape index (κ3) is 3.00. The number of rotatable bonds is 4. The first-order valence-electron chi connectivity index (χ1n) is 2.48. The molecule has 0 spiro atoms. The molecule has 6 nitrogen and oxygen atoms in total. The number of carboxylic acids is 1. The lowest BCUT2D eigenvalue weighted by atomic mass is 10.2. The van der Waals surface area contributed by atoms with E-state index in [2.05, 4.69) is 5.73 Å². The Morgan fingerprint density at radius 3 is 2.20 bits per heavy atom. The van der Waals surface area contributed by atoms with Gasteiger partial charge in [0.2, 0.25) is 5.91 Å². The van der Waals surface area contributed by atoms with E-state index in [0.717, 1.165) is 0 Å². The van der Waals surface area contributed by atoms with E-state index in [1.165, 1.54) is 5.48 Å². The summed E-state index contributed by atoms with van der Waals surface area (Å²) >= 11 is 0. The zero-order chi connectivity index (χ0) is 8.15. The highest BCUT2D eigenvalue weighted by atomic mass is 16.5. The van der Waals surface area contributed by atoms with Crippen molar-refractivity contribution in [3.05, 3.63) is 0 Å². The van der Waals surface area contributed by atoms with Crippen molar-refractivity contribution in [3.63, 3.8) is 0 Å². The van der Waals surface area contributed by atoms with Crippen molar-refractivity contribution in [1.29, 1.82) is 0 Å². The predicted molar refractivity (Wildman–Crippen MR) is 30.2 cm³/mol. The minimum atomic E-state index is -1.32. The molecule has 58 valence electrons. The molecule has 10 heavy (non-hydrogen) atoms. The average molecular weight is 148 g/mol. The first kappa shape index (κ1) is 8.86. The topological polar surface area (TPSA) is 113 Å². The molecule has 5 N–H and O–H groups in total. The van der Waals surface area contributed by atoms with Gasteiger partial charge in [-0.15, -0.1) is 0 Å². The number of hydrogen-bond donors (Lipinski definition) is 4. The lowest BCUT2D eigenvalue weighted by Crippen LogP contribution is -2.37. The zero-order valence-electron chi connectivity index (χ0n) is 5.07. The molecule has 0 aliphatic carbocycles. The first-order valence-corrected chi connectivity index (χ1v) is 2.48. The van der Waals surface area contributed by atoms with E-state index >= 15 is 0 Å². The van der Waals surface area contributed by atoms with E-state index in [9.17, 15) is 9.59 Å². The molecule has 0 unspecified atom stereocenters. The van der Waals surface area contributed by atoms with Crippen LogP contribution in [0.4, 0.5) is 0 Å². The van der Waals surface area contributed by atoms with Gasteiger partial charge in [-0.1, -0.05) is 0 Å². The lowest BCUT2D eigenvalue weighted by molar-refractivity contribution is -0.144. The van der Waals surface area contributed by atoms with Crippen LogP contribution in [0.25, 0.3) is 0 Å². The van der Waals surface area contributed by atoms with Crippen LogP contribution in [0, 0.1) is 0 Å². The van der Waals surface area contributed by atoms with Crippen LogP contribution in [0.2, 0.25) is 0 Å². The number of hydrogen-bond acceptors (Lipinski definition) is 4. The van der Waals surface area contributed by atoms with Crippen molar-refractivity contribution < 1.29 is 19.9 Å². The highest BCUT2D eigenvalue weighted by Gasteiger charge is 2.17. The Balaban J connectivity index is 3.83. The molecule has 0 bridgehead atoms. The summed E-state index contributed by atoms with van der Waals surface area (Å²) in [6.45, 7) is 0. The SMILES string of the molecule is NC(=O)C[C@@H](NO)C(=O)O. The second-order valence-electron chi connectivity index (χ2n) is 1.69. The fourth-order valence-electron chi connectivity index (χ4n) is 0.389. The Kier molecular flexibility index (Phi) is 3.37. The second kappa shape index (κ2) is 3.80. The molecule has 0 aromatic carbocycles. The van der Waals surface area contributed by atoms with Crippen LogP contribution in [-0.2, 0) is 9.59 Å². The molecule has 1 amide bonds. The number of carbonyl (C=O) groups excluding carboxylic acids is 1. The molecular weight excluding hydrogens is 140 g/mol. The molecule has 0 saturated heterocycles. The molecule has 0 aromatic heterocycles. The van der Waals surface area contributed by atoms with Crippen LogP contribution < -0.4 is 11.2 Å². The molecule has 0 heterocycles. The van der Waals surface area contributed by atoms with Gasteiger partial charge in [0.15, 0.2) is 0 Å². The van der Waals surface area contributed by atoms with Crippen molar-refractivity contribution in [3.8, 4) is 0 Å². The Morgan fingerprint density at radius 2 is 2.10 bits per heavy atom. The smallest absolute Gasteiger partial charge is 0.323 e. The lowest BCUT2D eigenvalue weighted by Gasteiger charge is -2.05. The Bertz CT molecular complexity index is 146. The number of amides is 1. The summed E-state index contributed by atoms with van der Waals surface area (Å²) in [5.41, 5.74) is 6.09. The van der Waals surface area contributed by atoms with E-state index in [1.54, 1.807) is 0 Å². The van der Waals surface area contributed by atoms with Crippen LogP contribution >= 0.6 is 0 Å². The van der Waals surface area contributed by atoms with Crippen LogP contribution in [0.15, 0.2) is 0 Å². The molecule has 0 aliphatic heterocycles. The molecule has 0 radical (unpaired) electrons. The average Bonchev–Trinajstić information content (AvgIpc) is 1.81. The predicted octanol–water partition coefficient (Wildman–Crippen LogP) is -1.71. The van der Waals surface area contributed by atoms with Crippen LogP contribution in [0.5, 0.6) is 0 Å². The standard InChI is InChI=1S/C4H8N2O4/c5-3(7)1-2(6-10)4(8)9/h2,6,10H,1H2,(H2,5,7)(H,8,9)/t2-/m1/s1. The fraction of sp³-hybridized carbons (Fsp3) is 0.500. The molecular formula is C4H8N2O4. The van der Waals surface area contributed by atoms with Crippen molar-refractivity contribution in [2.24, 2.45) is 5.73 Å². The van der Waals surface area contributed by atoms with Gasteiger partial charge in [-0.05, 0) is 0 Å². The van der Waals surface area contributed by atoms with Gasteiger partial charge in [0.1, 0.15) is 6.04 Å². The maximum Gasteiger partial charge on any atom is 0.323 e. The molecule has 0 aliphatic rings. The summed E-state index contributed by atoms with van der Waals surface area (Å²) in [6.07, 6.45) is -0.425. The molecule has 6 heteroatoms. The highest BCUT2D eigenvalue weighted by Crippen LogP contribution is 1.88. The van der Waals surface area contributed by atoms with Gasteiger partial charge in [-0.2, -0.15) is 5.48 Å². The van der Waals surface area contributed by atoms with Crippen molar-refractivity contribution in [2.45, 2.75) is 12.5 Å². The quantitative estimate of drug-likeness (QED) is 0.355. The molecule has 0 rings (SSSR count). The van der Waals surface area contributed by atoms with E-state index in [1.807, 2.05) is 0 Å². The normalized spacial score (nSPS) is 12.5. The van der Waals surface area contributed by atoms with Crippen molar-refractivity contribution >= 4 is 11.9 Å². The maximum absolute atomic E-state index is 10.1. The minimum absolute atomic E-state index is 0.425. The minimum Gasteiger partial charge on any atom is -0.480 e. The van der Waals surface area contributed by atoms with E-state index < -0.39 is 24.3 Å². The number of primary amides is 1. The highest BCUT2D eigenvalue weighted by molar-refractivity contribution is 5.83. The monoisotopic (exact) mass is 148 g/mol. The Morgan fingerprint density at radius 1 is 1.60 bits per heavy atom.